The van der Waals surface area contributed by atoms with Crippen LogP contribution in [-0.2, 0) is 19.4 Å². The second kappa shape index (κ2) is 5.99. The van der Waals surface area contributed by atoms with E-state index in [1.54, 1.807) is 12.1 Å². The number of rotatable bonds is 3. The molecular formula is C20H17F2NO2. The molecule has 3 aromatic rings. The molecule has 0 amide bonds. The van der Waals surface area contributed by atoms with E-state index >= 15 is 0 Å². The Morgan fingerprint density at radius 2 is 1.88 bits per heavy atom. The number of carbonyl (C=O) groups is 1. The maximum absolute atomic E-state index is 14.1. The Hall–Kier alpha value is -2.69. The summed E-state index contributed by atoms with van der Waals surface area (Å²) in [5.74, 6) is -1.93. The smallest absolute Gasteiger partial charge is 0.335 e. The minimum Gasteiger partial charge on any atom is -0.478 e. The largest absolute Gasteiger partial charge is 0.478 e. The van der Waals surface area contributed by atoms with Gasteiger partial charge in [0, 0.05) is 22.2 Å². The molecule has 4 rings (SSSR count). The van der Waals surface area contributed by atoms with Crippen LogP contribution in [0.5, 0.6) is 0 Å². The van der Waals surface area contributed by atoms with Crippen LogP contribution in [0.25, 0.3) is 10.9 Å². The topological polar surface area (TPSA) is 42.2 Å². The molecule has 3 nitrogen and oxygen atoms in total. The van der Waals surface area contributed by atoms with Crippen LogP contribution in [0.2, 0.25) is 0 Å². The zero-order valence-electron chi connectivity index (χ0n) is 13.6. The van der Waals surface area contributed by atoms with Crippen LogP contribution in [0, 0.1) is 11.6 Å². The van der Waals surface area contributed by atoms with Crippen molar-refractivity contribution in [1.29, 1.82) is 0 Å². The number of hydrogen-bond donors (Lipinski definition) is 1. The molecule has 0 unspecified atom stereocenters. The number of carboxylic acids is 1. The van der Waals surface area contributed by atoms with Gasteiger partial charge in [-0.1, -0.05) is 6.07 Å². The predicted octanol–water partition coefficient (Wildman–Crippen LogP) is 4.54. The van der Waals surface area contributed by atoms with Crippen LogP contribution < -0.4 is 0 Å². The molecule has 1 aromatic heterocycles. The SMILES string of the molecule is O=C(O)c1ccc2c3c(n(Cc4cc(F)ccc4F)c2c1)CCCC3. The van der Waals surface area contributed by atoms with E-state index in [-0.39, 0.29) is 17.7 Å². The molecule has 0 radical (unpaired) electrons. The lowest BCUT2D eigenvalue weighted by molar-refractivity contribution is 0.0697. The van der Waals surface area contributed by atoms with Crippen LogP contribution >= 0.6 is 0 Å². The molecule has 5 heteroatoms. The number of halogens is 2. The fraction of sp³-hybridized carbons (Fsp3) is 0.250. The van der Waals surface area contributed by atoms with E-state index < -0.39 is 17.6 Å². The number of aromatic nitrogens is 1. The lowest BCUT2D eigenvalue weighted by atomic mass is 9.95. The Morgan fingerprint density at radius 1 is 1.08 bits per heavy atom. The highest BCUT2D eigenvalue weighted by atomic mass is 19.1. The van der Waals surface area contributed by atoms with Crippen molar-refractivity contribution in [2.24, 2.45) is 0 Å². The molecule has 25 heavy (non-hydrogen) atoms. The lowest BCUT2D eigenvalue weighted by Gasteiger charge is -2.16. The molecule has 0 atom stereocenters. The highest BCUT2D eigenvalue weighted by Gasteiger charge is 2.21. The van der Waals surface area contributed by atoms with Crippen molar-refractivity contribution in [2.45, 2.75) is 32.2 Å². The minimum absolute atomic E-state index is 0.193. The van der Waals surface area contributed by atoms with Crippen molar-refractivity contribution in [3.05, 3.63) is 70.4 Å². The van der Waals surface area contributed by atoms with Crippen molar-refractivity contribution in [3.8, 4) is 0 Å². The standard InChI is InChI=1S/C20H17F2NO2/c21-14-6-8-17(22)13(9-14)11-23-18-4-2-1-3-15(18)16-7-5-12(20(24)25)10-19(16)23/h5-10H,1-4,11H2,(H,24,25). The molecule has 1 aliphatic carbocycles. The summed E-state index contributed by atoms with van der Waals surface area (Å²) in [6.45, 7) is 0.193. The van der Waals surface area contributed by atoms with Gasteiger partial charge < -0.3 is 9.67 Å². The van der Waals surface area contributed by atoms with Gasteiger partial charge in [0.15, 0.2) is 0 Å². The lowest BCUT2D eigenvalue weighted by Crippen LogP contribution is -2.10. The summed E-state index contributed by atoms with van der Waals surface area (Å²) in [5, 5.41) is 10.3. The van der Waals surface area contributed by atoms with Crippen LogP contribution in [-0.4, -0.2) is 15.6 Å². The fourth-order valence-corrected chi connectivity index (χ4v) is 3.78. The number of fused-ring (bicyclic) bond motifs is 3. The first-order valence-electron chi connectivity index (χ1n) is 8.36. The van der Waals surface area contributed by atoms with E-state index in [1.165, 1.54) is 11.6 Å². The van der Waals surface area contributed by atoms with Gasteiger partial charge in [0.2, 0.25) is 0 Å². The van der Waals surface area contributed by atoms with Gasteiger partial charge >= 0.3 is 5.97 Å². The number of aromatic carboxylic acids is 1. The minimum atomic E-state index is -0.996. The third kappa shape index (κ3) is 2.69. The average molecular weight is 341 g/mol. The average Bonchev–Trinajstić information content (AvgIpc) is 2.92. The van der Waals surface area contributed by atoms with Crippen LogP contribution in [0.4, 0.5) is 8.78 Å². The van der Waals surface area contributed by atoms with Crippen molar-refractivity contribution in [2.75, 3.05) is 0 Å². The summed E-state index contributed by atoms with van der Waals surface area (Å²) in [4.78, 5) is 11.3. The van der Waals surface area contributed by atoms with Crippen molar-refractivity contribution in [3.63, 3.8) is 0 Å². The van der Waals surface area contributed by atoms with Gasteiger partial charge in [-0.2, -0.15) is 0 Å². The molecule has 0 saturated heterocycles. The summed E-state index contributed by atoms with van der Waals surface area (Å²) in [5.41, 5.74) is 3.55. The molecule has 0 saturated carbocycles. The van der Waals surface area contributed by atoms with Gasteiger partial charge in [-0.15, -0.1) is 0 Å². The molecule has 1 N–H and O–H groups in total. The predicted molar refractivity (Wildman–Crippen MR) is 91.0 cm³/mol. The number of nitrogens with zero attached hydrogens (tertiary/aromatic N) is 1. The van der Waals surface area contributed by atoms with E-state index in [2.05, 4.69) is 0 Å². The monoisotopic (exact) mass is 341 g/mol. The Kier molecular flexibility index (Phi) is 3.79. The molecule has 0 aliphatic heterocycles. The summed E-state index contributed by atoms with van der Waals surface area (Å²) in [7, 11) is 0. The van der Waals surface area contributed by atoms with Gasteiger partial charge in [-0.05, 0) is 61.6 Å². The second-order valence-corrected chi connectivity index (χ2v) is 6.49. The third-order valence-electron chi connectivity index (χ3n) is 4.96. The molecule has 2 aromatic carbocycles. The molecule has 0 fully saturated rings. The quantitative estimate of drug-likeness (QED) is 0.760. The normalized spacial score (nSPS) is 13.8. The van der Waals surface area contributed by atoms with Crippen molar-refractivity contribution in [1.82, 2.24) is 4.57 Å². The Morgan fingerprint density at radius 3 is 2.68 bits per heavy atom. The van der Waals surface area contributed by atoms with Crippen molar-refractivity contribution < 1.29 is 18.7 Å². The zero-order valence-corrected chi connectivity index (χ0v) is 13.6. The first kappa shape index (κ1) is 15.8. The summed E-state index contributed by atoms with van der Waals surface area (Å²) < 4.78 is 29.6. The van der Waals surface area contributed by atoms with Crippen LogP contribution in [0.1, 0.15) is 40.0 Å². The van der Waals surface area contributed by atoms with E-state index in [0.29, 0.717) is 0 Å². The summed E-state index contributed by atoms with van der Waals surface area (Å²) >= 11 is 0. The molecule has 128 valence electrons. The number of aryl methyl sites for hydroxylation is 1. The molecule has 0 bridgehead atoms. The van der Waals surface area contributed by atoms with Gasteiger partial charge in [-0.25, -0.2) is 13.6 Å². The third-order valence-corrected chi connectivity index (χ3v) is 4.96. The Bertz CT molecular complexity index is 991. The van der Waals surface area contributed by atoms with Crippen molar-refractivity contribution >= 4 is 16.9 Å². The van der Waals surface area contributed by atoms with E-state index in [0.717, 1.165) is 54.4 Å². The maximum atomic E-state index is 14.1. The Labute approximate surface area is 143 Å². The molecule has 0 spiro atoms. The van der Waals surface area contributed by atoms with Crippen LogP contribution in [0.15, 0.2) is 36.4 Å². The zero-order chi connectivity index (χ0) is 17.6. The molecule has 1 heterocycles. The fourth-order valence-electron chi connectivity index (χ4n) is 3.78. The van der Waals surface area contributed by atoms with Gasteiger partial charge in [-0.3, -0.25) is 0 Å². The van der Waals surface area contributed by atoms with Gasteiger partial charge in [0.05, 0.1) is 12.1 Å². The number of hydrogen-bond acceptors (Lipinski definition) is 1. The maximum Gasteiger partial charge on any atom is 0.335 e. The summed E-state index contributed by atoms with van der Waals surface area (Å²) in [6.07, 6.45) is 3.92. The highest BCUT2D eigenvalue weighted by molar-refractivity contribution is 5.95. The second-order valence-electron chi connectivity index (χ2n) is 6.49. The first-order chi connectivity index (χ1) is 12.0. The summed E-state index contributed by atoms with van der Waals surface area (Å²) in [6, 6.07) is 8.51. The highest BCUT2D eigenvalue weighted by Crippen LogP contribution is 2.33. The Balaban J connectivity index is 1.93. The molecular weight excluding hydrogens is 324 g/mol. The number of benzene rings is 2. The van der Waals surface area contributed by atoms with E-state index in [4.69, 9.17) is 0 Å². The van der Waals surface area contributed by atoms with Crippen LogP contribution in [0.3, 0.4) is 0 Å². The van der Waals surface area contributed by atoms with E-state index in [9.17, 15) is 18.7 Å². The van der Waals surface area contributed by atoms with Gasteiger partial charge in [0.25, 0.3) is 0 Å². The number of carboxylic acid groups (broad SMARTS) is 1. The van der Waals surface area contributed by atoms with E-state index in [1.807, 2.05) is 10.6 Å². The van der Waals surface area contributed by atoms with Gasteiger partial charge in [0.1, 0.15) is 11.6 Å². The first-order valence-corrected chi connectivity index (χ1v) is 8.36. The molecule has 1 aliphatic rings.